The quantitative estimate of drug-likeness (QED) is 0.846. The van der Waals surface area contributed by atoms with E-state index >= 15 is 0 Å². The summed E-state index contributed by atoms with van der Waals surface area (Å²) in [5.41, 5.74) is -0.243. The smallest absolute Gasteiger partial charge is 0.108 e. The molecular weight excluding hydrogens is 248 g/mol. The molecule has 0 radical (unpaired) electrons. The Balaban J connectivity index is 1.58. The van der Waals surface area contributed by atoms with Gasteiger partial charge in [-0.05, 0) is 51.6 Å². The van der Waals surface area contributed by atoms with Crippen LogP contribution in [0.2, 0.25) is 0 Å². The zero-order valence-electron chi connectivity index (χ0n) is 12.8. The molecule has 4 heteroatoms. The van der Waals surface area contributed by atoms with Crippen LogP contribution >= 0.6 is 0 Å². The molecule has 2 heterocycles. The zero-order chi connectivity index (χ0) is 14.0. The maximum Gasteiger partial charge on any atom is 0.108 e. The van der Waals surface area contributed by atoms with Gasteiger partial charge in [-0.3, -0.25) is 15.1 Å². The molecule has 0 aromatic heterocycles. The molecule has 20 heavy (non-hydrogen) atoms. The summed E-state index contributed by atoms with van der Waals surface area (Å²) in [6, 6.07) is 4.00. The molecule has 3 rings (SSSR count). The number of hydrogen-bond acceptors (Lipinski definition) is 4. The second-order valence-corrected chi connectivity index (χ2v) is 6.84. The Morgan fingerprint density at radius 2 is 2.05 bits per heavy atom. The van der Waals surface area contributed by atoms with E-state index in [0.29, 0.717) is 6.04 Å². The predicted molar refractivity (Wildman–Crippen MR) is 80.4 cm³/mol. The molecule has 0 spiro atoms. The average molecular weight is 276 g/mol. The van der Waals surface area contributed by atoms with Crippen LogP contribution in [0.3, 0.4) is 0 Å². The van der Waals surface area contributed by atoms with Crippen molar-refractivity contribution in [1.82, 2.24) is 15.1 Å². The predicted octanol–water partition coefficient (Wildman–Crippen LogP) is 1.58. The minimum atomic E-state index is -0.243. The van der Waals surface area contributed by atoms with Crippen LogP contribution in [0, 0.1) is 11.3 Å². The zero-order valence-corrected chi connectivity index (χ0v) is 12.8. The number of piperazine rings is 1. The summed E-state index contributed by atoms with van der Waals surface area (Å²) < 4.78 is 0. The second-order valence-electron chi connectivity index (χ2n) is 6.84. The van der Waals surface area contributed by atoms with Crippen LogP contribution in [0.15, 0.2) is 0 Å². The Labute approximate surface area is 123 Å². The minimum absolute atomic E-state index is 0.243. The first-order valence-electron chi connectivity index (χ1n) is 8.41. The van der Waals surface area contributed by atoms with Gasteiger partial charge in [0.25, 0.3) is 0 Å². The van der Waals surface area contributed by atoms with Crippen molar-refractivity contribution in [2.45, 2.75) is 63.1 Å². The van der Waals surface area contributed by atoms with Crippen molar-refractivity contribution < 1.29 is 0 Å². The first-order chi connectivity index (χ1) is 9.76. The molecule has 3 aliphatic rings. The molecule has 0 aromatic rings. The number of fused-ring (bicyclic) bond motifs is 1. The van der Waals surface area contributed by atoms with Gasteiger partial charge in [0, 0.05) is 31.7 Å². The normalized spacial score (nSPS) is 38.8. The highest BCUT2D eigenvalue weighted by Crippen LogP contribution is 2.34. The maximum atomic E-state index is 9.57. The summed E-state index contributed by atoms with van der Waals surface area (Å²) in [6.45, 7) is 8.13. The lowest BCUT2D eigenvalue weighted by Crippen LogP contribution is -2.53. The molecule has 1 N–H and O–H groups in total. The fourth-order valence-corrected chi connectivity index (χ4v) is 4.34. The van der Waals surface area contributed by atoms with Crippen LogP contribution in [0.5, 0.6) is 0 Å². The highest BCUT2D eigenvalue weighted by Gasteiger charge is 2.43. The van der Waals surface area contributed by atoms with E-state index in [0.717, 1.165) is 31.8 Å². The topological polar surface area (TPSA) is 42.3 Å². The SMILES string of the molecule is CCCNC1(C#N)CCC(N2CCN3CCCC3C2)C1. The van der Waals surface area contributed by atoms with Gasteiger partial charge in [-0.15, -0.1) is 0 Å². The van der Waals surface area contributed by atoms with E-state index in [1.54, 1.807) is 0 Å². The summed E-state index contributed by atoms with van der Waals surface area (Å²) in [4.78, 5) is 5.34. The lowest BCUT2D eigenvalue weighted by Gasteiger charge is -2.41. The van der Waals surface area contributed by atoms with Gasteiger partial charge >= 0.3 is 0 Å². The molecule has 2 saturated heterocycles. The minimum Gasteiger partial charge on any atom is -0.299 e. The van der Waals surface area contributed by atoms with Crippen LogP contribution in [-0.2, 0) is 0 Å². The maximum absolute atomic E-state index is 9.57. The lowest BCUT2D eigenvalue weighted by atomic mass is 9.98. The van der Waals surface area contributed by atoms with Crippen LogP contribution in [0.25, 0.3) is 0 Å². The summed E-state index contributed by atoms with van der Waals surface area (Å²) in [7, 11) is 0. The molecule has 112 valence electrons. The van der Waals surface area contributed by atoms with Crippen molar-refractivity contribution in [3.8, 4) is 6.07 Å². The molecule has 2 aliphatic heterocycles. The van der Waals surface area contributed by atoms with Gasteiger partial charge in [-0.2, -0.15) is 5.26 Å². The first-order valence-corrected chi connectivity index (χ1v) is 8.41. The van der Waals surface area contributed by atoms with Gasteiger partial charge in [0.05, 0.1) is 6.07 Å². The third-order valence-corrected chi connectivity index (χ3v) is 5.55. The largest absolute Gasteiger partial charge is 0.299 e. The molecular formula is C16H28N4. The standard InChI is InChI=1S/C16H28N4/c1-2-7-18-16(13-17)6-5-14(11-16)20-10-9-19-8-3-4-15(19)12-20/h14-15,18H,2-12H2,1H3. The Bertz CT molecular complexity index is 377. The molecule has 3 atom stereocenters. The van der Waals surface area contributed by atoms with Crippen LogP contribution in [-0.4, -0.2) is 60.1 Å². The van der Waals surface area contributed by atoms with Crippen molar-refractivity contribution in [2.24, 2.45) is 0 Å². The average Bonchev–Trinajstić information content (AvgIpc) is 3.11. The Hall–Kier alpha value is -0.630. The number of nitrogens with one attached hydrogen (secondary N) is 1. The van der Waals surface area contributed by atoms with Crippen molar-refractivity contribution >= 4 is 0 Å². The van der Waals surface area contributed by atoms with Gasteiger partial charge in [0.2, 0.25) is 0 Å². The van der Waals surface area contributed by atoms with Crippen molar-refractivity contribution in [3.63, 3.8) is 0 Å². The van der Waals surface area contributed by atoms with Crippen molar-refractivity contribution in [1.29, 1.82) is 5.26 Å². The third kappa shape index (κ3) is 2.72. The van der Waals surface area contributed by atoms with Crippen LogP contribution in [0.4, 0.5) is 0 Å². The molecule has 1 saturated carbocycles. The van der Waals surface area contributed by atoms with Gasteiger partial charge in [-0.1, -0.05) is 6.92 Å². The molecule has 0 bridgehead atoms. The van der Waals surface area contributed by atoms with E-state index in [1.807, 2.05) is 0 Å². The van der Waals surface area contributed by atoms with Gasteiger partial charge in [0.1, 0.15) is 5.54 Å². The van der Waals surface area contributed by atoms with Gasteiger partial charge < -0.3 is 0 Å². The highest BCUT2D eigenvalue weighted by molar-refractivity contribution is 5.13. The van der Waals surface area contributed by atoms with Gasteiger partial charge in [-0.25, -0.2) is 0 Å². The summed E-state index contributed by atoms with van der Waals surface area (Å²) in [6.07, 6.45) is 7.10. The first kappa shape index (κ1) is 14.3. The number of hydrogen-bond donors (Lipinski definition) is 1. The second kappa shape index (κ2) is 6.01. The number of nitrogens with zero attached hydrogens (tertiary/aromatic N) is 3. The van der Waals surface area contributed by atoms with E-state index in [1.165, 1.54) is 45.4 Å². The monoisotopic (exact) mass is 276 g/mol. The Morgan fingerprint density at radius 1 is 1.20 bits per heavy atom. The summed E-state index contributed by atoms with van der Waals surface area (Å²) in [5, 5.41) is 13.1. The molecule has 3 unspecified atom stereocenters. The fraction of sp³-hybridized carbons (Fsp3) is 0.938. The molecule has 0 amide bonds. The molecule has 4 nitrogen and oxygen atoms in total. The molecule has 3 fully saturated rings. The van der Waals surface area contributed by atoms with E-state index in [4.69, 9.17) is 0 Å². The van der Waals surface area contributed by atoms with E-state index in [2.05, 4.69) is 28.1 Å². The number of nitriles is 1. The Morgan fingerprint density at radius 3 is 2.85 bits per heavy atom. The number of rotatable bonds is 4. The fourth-order valence-electron chi connectivity index (χ4n) is 4.34. The molecule has 0 aromatic carbocycles. The van der Waals surface area contributed by atoms with E-state index < -0.39 is 0 Å². The van der Waals surface area contributed by atoms with Crippen molar-refractivity contribution in [2.75, 3.05) is 32.7 Å². The van der Waals surface area contributed by atoms with Crippen molar-refractivity contribution in [3.05, 3.63) is 0 Å². The summed E-state index contributed by atoms with van der Waals surface area (Å²) in [5.74, 6) is 0. The van der Waals surface area contributed by atoms with Crippen LogP contribution in [0.1, 0.15) is 45.4 Å². The molecule has 1 aliphatic carbocycles. The van der Waals surface area contributed by atoms with Gasteiger partial charge in [0.15, 0.2) is 0 Å². The third-order valence-electron chi connectivity index (χ3n) is 5.55. The van der Waals surface area contributed by atoms with Crippen LogP contribution < -0.4 is 5.32 Å². The lowest BCUT2D eigenvalue weighted by molar-refractivity contribution is 0.0715. The summed E-state index contributed by atoms with van der Waals surface area (Å²) >= 11 is 0. The van der Waals surface area contributed by atoms with E-state index in [9.17, 15) is 5.26 Å². The van der Waals surface area contributed by atoms with E-state index in [-0.39, 0.29) is 5.54 Å². The highest BCUT2D eigenvalue weighted by atomic mass is 15.3. The Kier molecular flexibility index (Phi) is 4.30.